The van der Waals surface area contributed by atoms with Crippen LogP contribution in [0.15, 0.2) is 65.3 Å². The highest BCUT2D eigenvalue weighted by molar-refractivity contribution is 5.92. The Kier molecular flexibility index (Phi) is 2.33. The number of nitrogens with zero attached hydrogens (tertiary/aromatic N) is 1. The fraction of sp³-hybridized carbons (Fsp3) is 0.0667. The van der Waals surface area contributed by atoms with E-state index in [-0.39, 0.29) is 0 Å². The van der Waals surface area contributed by atoms with Crippen LogP contribution in [0, 0.1) is 0 Å². The molecule has 0 saturated carbocycles. The van der Waals surface area contributed by atoms with Crippen LogP contribution < -0.4 is 4.90 Å². The normalized spacial score (nSPS) is 10.6. The van der Waals surface area contributed by atoms with E-state index in [1.165, 1.54) is 5.69 Å². The summed E-state index contributed by atoms with van der Waals surface area (Å²) in [7, 11) is 2.07. The molecular formula is C15H13NO. The molecule has 0 aliphatic heterocycles. The van der Waals surface area contributed by atoms with Crippen molar-refractivity contribution in [3.8, 4) is 0 Å². The lowest BCUT2D eigenvalue weighted by Gasteiger charge is -2.20. The van der Waals surface area contributed by atoms with Crippen molar-refractivity contribution < 1.29 is 4.42 Å². The fourth-order valence-electron chi connectivity index (χ4n) is 2.06. The molecule has 3 rings (SSSR count). The van der Waals surface area contributed by atoms with Crippen molar-refractivity contribution in [2.45, 2.75) is 0 Å². The quantitative estimate of drug-likeness (QED) is 0.647. The summed E-state index contributed by atoms with van der Waals surface area (Å²) in [6.45, 7) is 0. The van der Waals surface area contributed by atoms with Gasteiger partial charge in [0.05, 0.1) is 12.0 Å². The number of hydrogen-bond acceptors (Lipinski definition) is 2. The van der Waals surface area contributed by atoms with Gasteiger partial charge in [-0.3, -0.25) is 0 Å². The van der Waals surface area contributed by atoms with Gasteiger partial charge in [0.15, 0.2) is 0 Å². The minimum absolute atomic E-state index is 0.922. The van der Waals surface area contributed by atoms with Gasteiger partial charge < -0.3 is 9.32 Å². The molecule has 0 spiro atoms. The van der Waals surface area contributed by atoms with Crippen molar-refractivity contribution >= 4 is 22.3 Å². The van der Waals surface area contributed by atoms with Crippen LogP contribution in [0.2, 0.25) is 0 Å². The Morgan fingerprint density at radius 3 is 2.53 bits per heavy atom. The van der Waals surface area contributed by atoms with Crippen LogP contribution >= 0.6 is 0 Å². The molecule has 0 aliphatic rings. The van der Waals surface area contributed by atoms with E-state index in [1.54, 1.807) is 6.26 Å². The summed E-state index contributed by atoms with van der Waals surface area (Å²) in [5.74, 6) is 0. The second-order valence-electron chi connectivity index (χ2n) is 4.00. The van der Waals surface area contributed by atoms with Gasteiger partial charge in [0.1, 0.15) is 5.58 Å². The molecule has 1 aromatic heterocycles. The van der Waals surface area contributed by atoms with E-state index >= 15 is 0 Å². The number of hydrogen-bond donors (Lipinski definition) is 0. The molecule has 0 unspecified atom stereocenters. The average Bonchev–Trinajstić information content (AvgIpc) is 2.87. The highest BCUT2D eigenvalue weighted by Crippen LogP contribution is 2.31. The molecule has 0 radical (unpaired) electrons. The van der Waals surface area contributed by atoms with Gasteiger partial charge in [0.2, 0.25) is 0 Å². The van der Waals surface area contributed by atoms with Crippen molar-refractivity contribution in [2.75, 3.05) is 11.9 Å². The summed E-state index contributed by atoms with van der Waals surface area (Å²) in [5.41, 5.74) is 3.24. The Balaban J connectivity index is 2.13. The lowest BCUT2D eigenvalue weighted by atomic mass is 10.2. The van der Waals surface area contributed by atoms with Gasteiger partial charge in [-0.05, 0) is 30.3 Å². The molecule has 0 atom stereocenters. The van der Waals surface area contributed by atoms with Crippen LogP contribution in [0.3, 0.4) is 0 Å². The maximum atomic E-state index is 5.42. The van der Waals surface area contributed by atoms with Crippen LogP contribution in [0.5, 0.6) is 0 Å². The summed E-state index contributed by atoms with van der Waals surface area (Å²) in [6, 6.07) is 18.4. The number of fused-ring (bicyclic) bond motifs is 1. The first kappa shape index (κ1) is 9.97. The van der Waals surface area contributed by atoms with Gasteiger partial charge in [-0.25, -0.2) is 0 Å². The number of furan rings is 1. The van der Waals surface area contributed by atoms with Gasteiger partial charge in [-0.15, -0.1) is 0 Å². The van der Waals surface area contributed by atoms with Gasteiger partial charge in [0, 0.05) is 18.1 Å². The molecule has 84 valence electrons. The molecule has 3 aromatic rings. The molecule has 2 heteroatoms. The smallest absolute Gasteiger partial charge is 0.135 e. The van der Waals surface area contributed by atoms with E-state index in [1.807, 2.05) is 36.4 Å². The van der Waals surface area contributed by atoms with E-state index < -0.39 is 0 Å². The SMILES string of the molecule is CN(c1ccccc1)c1cccc2occc12. The third-order valence-corrected chi connectivity index (χ3v) is 2.98. The van der Waals surface area contributed by atoms with Crippen molar-refractivity contribution in [3.05, 3.63) is 60.9 Å². The van der Waals surface area contributed by atoms with Crippen LogP contribution in [0.4, 0.5) is 11.4 Å². The Bertz CT molecular complexity index is 627. The molecule has 17 heavy (non-hydrogen) atoms. The maximum absolute atomic E-state index is 5.42. The number of anilines is 2. The van der Waals surface area contributed by atoms with Gasteiger partial charge in [0.25, 0.3) is 0 Å². The molecule has 2 nitrogen and oxygen atoms in total. The van der Waals surface area contributed by atoms with Crippen LogP contribution in [0.1, 0.15) is 0 Å². The topological polar surface area (TPSA) is 16.4 Å². The van der Waals surface area contributed by atoms with Crippen LogP contribution in [0.25, 0.3) is 11.0 Å². The molecule has 0 amide bonds. The monoisotopic (exact) mass is 223 g/mol. The van der Waals surface area contributed by atoms with E-state index in [9.17, 15) is 0 Å². The summed E-state index contributed by atoms with van der Waals surface area (Å²) in [5, 5.41) is 1.14. The summed E-state index contributed by atoms with van der Waals surface area (Å²) >= 11 is 0. The lowest BCUT2D eigenvalue weighted by Crippen LogP contribution is -2.09. The van der Waals surface area contributed by atoms with E-state index in [0.717, 1.165) is 16.7 Å². The Labute approximate surface area is 100 Å². The highest BCUT2D eigenvalue weighted by Gasteiger charge is 2.08. The molecule has 0 saturated heterocycles. The summed E-state index contributed by atoms with van der Waals surface area (Å²) in [6.07, 6.45) is 1.73. The minimum atomic E-state index is 0.922. The zero-order chi connectivity index (χ0) is 11.7. The first-order valence-corrected chi connectivity index (χ1v) is 5.61. The van der Waals surface area contributed by atoms with E-state index in [0.29, 0.717) is 0 Å². The predicted molar refractivity (Wildman–Crippen MR) is 70.7 cm³/mol. The standard InChI is InChI=1S/C15H13NO/c1-16(12-6-3-2-4-7-12)14-8-5-9-15-13(14)10-11-17-15/h2-11H,1H3. The van der Waals surface area contributed by atoms with Gasteiger partial charge >= 0.3 is 0 Å². The van der Waals surface area contributed by atoms with E-state index in [4.69, 9.17) is 4.42 Å². The molecule has 1 heterocycles. The summed E-state index contributed by atoms with van der Waals surface area (Å²) < 4.78 is 5.42. The maximum Gasteiger partial charge on any atom is 0.135 e. The third-order valence-electron chi connectivity index (χ3n) is 2.98. The zero-order valence-electron chi connectivity index (χ0n) is 9.63. The number of rotatable bonds is 2. The Hall–Kier alpha value is -2.22. The average molecular weight is 223 g/mol. The largest absolute Gasteiger partial charge is 0.464 e. The van der Waals surface area contributed by atoms with Gasteiger partial charge in [-0.2, -0.15) is 0 Å². The van der Waals surface area contributed by atoms with Crippen LogP contribution in [-0.4, -0.2) is 7.05 Å². The van der Waals surface area contributed by atoms with Crippen molar-refractivity contribution in [1.82, 2.24) is 0 Å². The third kappa shape index (κ3) is 1.68. The summed E-state index contributed by atoms with van der Waals surface area (Å²) in [4.78, 5) is 2.16. The van der Waals surface area contributed by atoms with Crippen LogP contribution in [-0.2, 0) is 0 Å². The Morgan fingerprint density at radius 1 is 0.882 bits per heavy atom. The lowest BCUT2D eigenvalue weighted by molar-refractivity contribution is 0.616. The minimum Gasteiger partial charge on any atom is -0.464 e. The van der Waals surface area contributed by atoms with Gasteiger partial charge in [-0.1, -0.05) is 24.3 Å². The molecule has 0 aliphatic carbocycles. The number of para-hydroxylation sites is 1. The Morgan fingerprint density at radius 2 is 1.71 bits per heavy atom. The highest BCUT2D eigenvalue weighted by atomic mass is 16.3. The molecule has 2 aromatic carbocycles. The van der Waals surface area contributed by atoms with Crippen molar-refractivity contribution in [2.24, 2.45) is 0 Å². The number of benzene rings is 2. The zero-order valence-corrected chi connectivity index (χ0v) is 9.63. The first-order valence-electron chi connectivity index (χ1n) is 5.61. The second-order valence-corrected chi connectivity index (χ2v) is 4.00. The second kappa shape index (κ2) is 3.98. The molecule has 0 bridgehead atoms. The van der Waals surface area contributed by atoms with Crippen molar-refractivity contribution in [3.63, 3.8) is 0 Å². The first-order chi connectivity index (χ1) is 8.36. The van der Waals surface area contributed by atoms with E-state index in [2.05, 4.69) is 30.1 Å². The fourth-order valence-corrected chi connectivity index (χ4v) is 2.06. The van der Waals surface area contributed by atoms with Crippen molar-refractivity contribution in [1.29, 1.82) is 0 Å². The predicted octanol–water partition coefficient (Wildman–Crippen LogP) is 4.20. The molecular weight excluding hydrogens is 210 g/mol. The molecule has 0 fully saturated rings. The molecule has 0 N–H and O–H groups in total.